The summed E-state index contributed by atoms with van der Waals surface area (Å²) >= 11 is 0. The normalized spacial score (nSPS) is 12.6. The fourth-order valence-corrected chi connectivity index (χ4v) is 11.7. The maximum atomic E-state index is 2.65. The van der Waals surface area contributed by atoms with Crippen LogP contribution in [0.4, 0.5) is 0 Å². The quantitative estimate of drug-likeness (QED) is 0.543. The van der Waals surface area contributed by atoms with Crippen LogP contribution in [0.1, 0.15) is 0 Å². The minimum atomic E-state index is -0.856. The Morgan fingerprint density at radius 1 is 0.700 bits per heavy atom. The predicted octanol–water partition coefficient (Wildman–Crippen LogP) is 2.95. The molecule has 0 aliphatic carbocycles. The van der Waals surface area contributed by atoms with Crippen LogP contribution in [-0.4, -0.2) is 16.1 Å². The molecule has 0 radical (unpaired) electrons. The van der Waals surface area contributed by atoms with E-state index < -0.39 is 16.1 Å². The molecule has 0 bridgehead atoms. The first-order valence-corrected chi connectivity index (χ1v) is 10.7. The first kappa shape index (κ1) is 14.3. The van der Waals surface area contributed by atoms with Gasteiger partial charge in [0, 0.05) is 40.4 Å². The van der Waals surface area contributed by atoms with Crippen molar-refractivity contribution < 1.29 is 40.4 Å². The van der Waals surface area contributed by atoms with Gasteiger partial charge in [-0.05, 0) is 0 Å². The van der Waals surface area contributed by atoms with Gasteiger partial charge in [0.05, 0.1) is 0 Å². The van der Waals surface area contributed by atoms with Gasteiger partial charge < -0.3 is 5.67 Å². The molecular weight excluding hydrogens is 291 g/mol. The maximum absolute atomic E-state index is 2.65. The third-order valence-electron chi connectivity index (χ3n) is 0.866. The van der Waals surface area contributed by atoms with E-state index in [1.807, 2.05) is 0 Å². The number of rotatable bonds is 2. The molecule has 0 N–H and O–H groups in total. The van der Waals surface area contributed by atoms with Crippen LogP contribution in [0.25, 0.3) is 0 Å². The van der Waals surface area contributed by atoms with Crippen LogP contribution >= 0.6 is 0 Å². The van der Waals surface area contributed by atoms with Gasteiger partial charge in [-0.1, -0.05) is 39.3 Å². The Kier molecular flexibility index (Phi) is 6.74. The van der Waals surface area contributed by atoms with E-state index in [1.54, 1.807) is 0 Å². The van der Waals surface area contributed by atoms with Crippen molar-refractivity contribution in [3.05, 3.63) is 5.67 Å². The van der Waals surface area contributed by atoms with Crippen molar-refractivity contribution in [3.8, 4) is 0 Å². The van der Waals surface area contributed by atoms with Crippen molar-refractivity contribution in [2.45, 2.75) is 39.3 Å². The Bertz CT molecular complexity index is 76.8. The predicted molar refractivity (Wildman–Crippen MR) is 51.0 cm³/mol. The molecule has 0 saturated heterocycles. The molecule has 0 heterocycles. The van der Waals surface area contributed by atoms with Gasteiger partial charge in [0.2, 0.25) is 0 Å². The van der Waals surface area contributed by atoms with E-state index in [2.05, 4.69) is 44.9 Å². The van der Waals surface area contributed by atoms with Crippen LogP contribution < -0.4 is 0 Å². The zero-order valence-corrected chi connectivity index (χ0v) is 12.6. The fourth-order valence-electron chi connectivity index (χ4n) is 1.30. The monoisotopic (exact) mass is 311 g/mol. The summed E-state index contributed by atoms with van der Waals surface area (Å²) in [6.07, 6.45) is 0. The van der Waals surface area contributed by atoms with E-state index in [4.69, 9.17) is 0 Å². The fraction of sp³-hybridized carbons (Fsp3) is 0.857. The van der Waals surface area contributed by atoms with E-state index in [0.29, 0.717) is 0 Å². The molecule has 0 amide bonds. The molecule has 62 valence electrons. The average molecular weight is 310 g/mol. The van der Waals surface area contributed by atoms with E-state index in [9.17, 15) is 0 Å². The van der Waals surface area contributed by atoms with Crippen molar-refractivity contribution in [3.63, 3.8) is 0 Å². The Labute approximate surface area is 100 Å². The molecule has 0 aromatic carbocycles. The molecule has 0 aromatic rings. The van der Waals surface area contributed by atoms with Crippen molar-refractivity contribution in [2.75, 3.05) is 0 Å². The van der Waals surface area contributed by atoms with Crippen LogP contribution in [0.5, 0.6) is 0 Å². The molecule has 0 aromatic heterocycles. The molecule has 0 spiro atoms. The summed E-state index contributed by atoms with van der Waals surface area (Å²) in [5, 5.41) is 0. The van der Waals surface area contributed by atoms with Crippen LogP contribution in [0.15, 0.2) is 0 Å². The molecule has 0 fully saturated rings. The molecule has 3 heteroatoms. The second kappa shape index (κ2) is 4.71. The molecular formula is C7H19Si2Sm-. The van der Waals surface area contributed by atoms with E-state index in [-0.39, 0.29) is 40.4 Å². The summed E-state index contributed by atoms with van der Waals surface area (Å²) in [6.45, 7) is 14.4. The standard InChI is InChI=1S/C7H19Si2.Sm/c1-8(2,3)7-9(4,5)6;/h7H,1-6H3;/q-1;. The molecule has 0 aliphatic heterocycles. The Morgan fingerprint density at radius 2 is 0.900 bits per heavy atom. The number of hydrogen-bond acceptors (Lipinski definition) is 0. The maximum Gasteiger partial charge on any atom is 0 e. The van der Waals surface area contributed by atoms with Crippen molar-refractivity contribution in [1.82, 2.24) is 0 Å². The van der Waals surface area contributed by atoms with Crippen LogP contribution in [0.3, 0.4) is 0 Å². The zero-order chi connectivity index (χ0) is 7.71. The van der Waals surface area contributed by atoms with Crippen LogP contribution in [0, 0.1) is 46.1 Å². The molecule has 0 saturated carbocycles. The number of hydrogen-bond donors (Lipinski definition) is 0. The van der Waals surface area contributed by atoms with Gasteiger partial charge in [0.15, 0.2) is 0 Å². The summed E-state index contributed by atoms with van der Waals surface area (Å²) in [5.74, 6) is 0. The van der Waals surface area contributed by atoms with E-state index in [0.717, 1.165) is 0 Å². The summed E-state index contributed by atoms with van der Waals surface area (Å²) < 4.78 is 0. The Hall–Kier alpha value is 1.77. The van der Waals surface area contributed by atoms with Gasteiger partial charge in [0.1, 0.15) is 0 Å². The molecule has 0 nitrogen and oxygen atoms in total. The molecule has 0 aliphatic rings. The third-order valence-corrected chi connectivity index (χ3v) is 7.79. The smallest absolute Gasteiger partial charge is 0 e. The molecule has 0 atom stereocenters. The second-order valence-electron chi connectivity index (χ2n) is 4.88. The van der Waals surface area contributed by atoms with Crippen LogP contribution in [-0.2, 0) is 0 Å². The second-order valence-corrected chi connectivity index (χ2v) is 15.5. The summed E-state index contributed by atoms with van der Waals surface area (Å²) in [6, 6.07) is 0. The Morgan fingerprint density at radius 3 is 0.900 bits per heavy atom. The zero-order valence-electron chi connectivity index (χ0n) is 7.99. The van der Waals surface area contributed by atoms with Gasteiger partial charge >= 0.3 is 0 Å². The molecule has 0 unspecified atom stereocenters. The molecule has 10 heavy (non-hydrogen) atoms. The van der Waals surface area contributed by atoms with E-state index in [1.165, 1.54) is 0 Å². The van der Waals surface area contributed by atoms with Gasteiger partial charge in [0.25, 0.3) is 0 Å². The van der Waals surface area contributed by atoms with Gasteiger partial charge in [-0.15, -0.1) is 16.1 Å². The van der Waals surface area contributed by atoms with Gasteiger partial charge in [-0.25, -0.2) is 0 Å². The van der Waals surface area contributed by atoms with Gasteiger partial charge in [-0.2, -0.15) is 0 Å². The van der Waals surface area contributed by atoms with Crippen LogP contribution in [0.2, 0.25) is 39.3 Å². The summed E-state index contributed by atoms with van der Waals surface area (Å²) in [4.78, 5) is 0. The third kappa shape index (κ3) is 12.4. The van der Waals surface area contributed by atoms with E-state index >= 15 is 0 Å². The summed E-state index contributed by atoms with van der Waals surface area (Å²) in [7, 11) is -1.71. The van der Waals surface area contributed by atoms with Gasteiger partial charge in [-0.3, -0.25) is 0 Å². The SMILES string of the molecule is C[Si](C)(C)[CH-][Si](C)(C)C.[Sm]. The first-order valence-electron chi connectivity index (χ1n) is 3.58. The van der Waals surface area contributed by atoms with Crippen molar-refractivity contribution >= 4 is 16.1 Å². The Balaban J connectivity index is 0. The topological polar surface area (TPSA) is 0 Å². The van der Waals surface area contributed by atoms with Crippen molar-refractivity contribution in [2.24, 2.45) is 0 Å². The van der Waals surface area contributed by atoms with Crippen molar-refractivity contribution in [1.29, 1.82) is 0 Å². The first-order chi connectivity index (χ1) is 3.71. The largest absolute Gasteiger partial charge is 0.327 e. The minimum absolute atomic E-state index is 0. The summed E-state index contributed by atoms with van der Waals surface area (Å²) in [5.41, 5.74) is 2.65. The molecule has 0 rings (SSSR count). The average Bonchev–Trinajstić information content (AvgIpc) is 1.14. The minimum Gasteiger partial charge on any atom is -0.327 e.